The zero-order valence-electron chi connectivity index (χ0n) is 15.7. The molecule has 1 aromatic carbocycles. The van der Waals surface area contributed by atoms with Gasteiger partial charge in [0, 0.05) is 29.7 Å². The molecule has 1 aliphatic rings. The molecule has 0 aliphatic carbocycles. The van der Waals surface area contributed by atoms with Gasteiger partial charge in [-0.15, -0.1) is 0 Å². The van der Waals surface area contributed by atoms with Crippen molar-refractivity contribution in [3.05, 3.63) is 82.0 Å². The summed E-state index contributed by atoms with van der Waals surface area (Å²) in [5, 5.41) is 0. The molecule has 0 spiro atoms. The third-order valence-corrected chi connectivity index (χ3v) is 4.91. The van der Waals surface area contributed by atoms with Crippen LogP contribution in [0.25, 0.3) is 0 Å². The van der Waals surface area contributed by atoms with Crippen molar-refractivity contribution in [3.8, 4) is 0 Å². The van der Waals surface area contributed by atoms with Crippen LogP contribution >= 0.6 is 0 Å². The first-order valence-electron chi connectivity index (χ1n) is 9.22. The van der Waals surface area contributed by atoms with Crippen LogP contribution in [-0.4, -0.2) is 26.1 Å². The summed E-state index contributed by atoms with van der Waals surface area (Å²) in [6.07, 6.45) is 2.48. The highest BCUT2D eigenvalue weighted by Gasteiger charge is 2.27. The molecule has 0 amide bonds. The van der Waals surface area contributed by atoms with Gasteiger partial charge in [-0.2, -0.15) is 0 Å². The normalized spacial score (nSPS) is 14.2. The molecule has 0 N–H and O–H groups in total. The lowest BCUT2D eigenvalue weighted by Crippen LogP contribution is -2.47. The number of fused-ring (bicyclic) bond motifs is 1. The van der Waals surface area contributed by atoms with Gasteiger partial charge in [0.25, 0.3) is 5.56 Å². The van der Waals surface area contributed by atoms with Gasteiger partial charge < -0.3 is 0 Å². The maximum Gasteiger partial charge on any atom is 0.259 e. The summed E-state index contributed by atoms with van der Waals surface area (Å²) in [5.74, 6) is 0.707. The highest BCUT2D eigenvalue weighted by molar-refractivity contribution is 5.58. The van der Waals surface area contributed by atoms with E-state index in [0.29, 0.717) is 32.3 Å². The molecule has 2 aromatic heterocycles. The number of benzene rings is 1. The van der Waals surface area contributed by atoms with Gasteiger partial charge in [-0.25, -0.2) is 4.98 Å². The number of rotatable bonds is 4. The van der Waals surface area contributed by atoms with Crippen molar-refractivity contribution in [1.29, 1.82) is 0 Å². The van der Waals surface area contributed by atoms with Crippen molar-refractivity contribution in [1.82, 2.24) is 19.4 Å². The standard InChI is InChI=1S/C21H23N5O/c1-3-19-16(2)23-21-25(18-10-5-4-6-11-18)14-24(15-26(21)20(19)27)13-17-9-7-8-12-22-17/h4-12H,3,13-15H2,1-2H3. The van der Waals surface area contributed by atoms with Crippen LogP contribution in [0.5, 0.6) is 0 Å². The van der Waals surface area contributed by atoms with E-state index >= 15 is 0 Å². The molecule has 3 aromatic rings. The van der Waals surface area contributed by atoms with E-state index in [0.717, 1.165) is 22.6 Å². The Morgan fingerprint density at radius 2 is 1.81 bits per heavy atom. The lowest BCUT2D eigenvalue weighted by molar-refractivity contribution is 0.187. The fraction of sp³-hybridized carbons (Fsp3) is 0.286. The zero-order chi connectivity index (χ0) is 18.8. The van der Waals surface area contributed by atoms with Crippen LogP contribution in [0.15, 0.2) is 59.5 Å². The number of anilines is 2. The lowest BCUT2D eigenvalue weighted by Gasteiger charge is -2.38. The van der Waals surface area contributed by atoms with E-state index in [4.69, 9.17) is 4.98 Å². The first kappa shape index (κ1) is 17.4. The molecule has 138 valence electrons. The molecule has 0 fully saturated rings. The maximum atomic E-state index is 13.1. The zero-order valence-corrected chi connectivity index (χ0v) is 15.7. The van der Waals surface area contributed by atoms with E-state index in [1.165, 1.54) is 0 Å². The Hall–Kier alpha value is -2.99. The van der Waals surface area contributed by atoms with E-state index in [9.17, 15) is 4.79 Å². The molecular formula is C21H23N5O. The van der Waals surface area contributed by atoms with Gasteiger partial charge in [-0.3, -0.25) is 24.1 Å². The van der Waals surface area contributed by atoms with Crippen LogP contribution in [0.2, 0.25) is 0 Å². The number of hydrogen-bond donors (Lipinski definition) is 0. The third-order valence-electron chi connectivity index (χ3n) is 4.91. The Morgan fingerprint density at radius 1 is 1.04 bits per heavy atom. The summed E-state index contributed by atoms with van der Waals surface area (Å²) < 4.78 is 1.78. The topological polar surface area (TPSA) is 54.3 Å². The number of hydrogen-bond acceptors (Lipinski definition) is 5. The van der Waals surface area contributed by atoms with Crippen molar-refractivity contribution in [2.75, 3.05) is 11.6 Å². The molecule has 0 unspecified atom stereocenters. The van der Waals surface area contributed by atoms with Gasteiger partial charge in [0.1, 0.15) is 0 Å². The largest absolute Gasteiger partial charge is 0.298 e. The number of para-hydroxylation sites is 1. The van der Waals surface area contributed by atoms with Crippen LogP contribution in [0.4, 0.5) is 11.6 Å². The van der Waals surface area contributed by atoms with Crippen LogP contribution < -0.4 is 10.5 Å². The molecule has 0 atom stereocenters. The second-order valence-electron chi connectivity index (χ2n) is 6.76. The average Bonchev–Trinajstić information content (AvgIpc) is 2.70. The van der Waals surface area contributed by atoms with Crippen LogP contribution in [0.1, 0.15) is 23.9 Å². The Morgan fingerprint density at radius 3 is 2.52 bits per heavy atom. The van der Waals surface area contributed by atoms with Crippen molar-refractivity contribution >= 4 is 11.6 Å². The molecule has 0 bridgehead atoms. The summed E-state index contributed by atoms with van der Waals surface area (Å²) in [6, 6.07) is 16.0. The highest BCUT2D eigenvalue weighted by atomic mass is 16.1. The van der Waals surface area contributed by atoms with Gasteiger partial charge in [-0.1, -0.05) is 31.2 Å². The Labute approximate surface area is 158 Å². The molecule has 1 aliphatic heterocycles. The summed E-state index contributed by atoms with van der Waals surface area (Å²) >= 11 is 0. The minimum atomic E-state index is 0.0478. The fourth-order valence-corrected chi connectivity index (χ4v) is 3.56. The molecule has 0 saturated carbocycles. The monoisotopic (exact) mass is 361 g/mol. The summed E-state index contributed by atoms with van der Waals surface area (Å²) in [7, 11) is 0. The molecule has 27 heavy (non-hydrogen) atoms. The first-order chi connectivity index (χ1) is 13.2. The predicted molar refractivity (Wildman–Crippen MR) is 106 cm³/mol. The number of aryl methyl sites for hydroxylation is 1. The van der Waals surface area contributed by atoms with Crippen molar-refractivity contribution in [2.45, 2.75) is 33.5 Å². The predicted octanol–water partition coefficient (Wildman–Crippen LogP) is 3.08. The average molecular weight is 361 g/mol. The molecular weight excluding hydrogens is 338 g/mol. The molecule has 6 nitrogen and oxygen atoms in total. The Balaban J connectivity index is 1.79. The maximum absolute atomic E-state index is 13.1. The van der Waals surface area contributed by atoms with E-state index in [1.807, 2.05) is 62.4 Å². The SMILES string of the molecule is CCc1c(C)nc2n(c1=O)CN(Cc1ccccn1)CN2c1ccccc1. The van der Waals surface area contributed by atoms with Crippen LogP contribution in [-0.2, 0) is 19.6 Å². The first-order valence-corrected chi connectivity index (χ1v) is 9.22. The number of nitrogens with zero attached hydrogens (tertiary/aromatic N) is 5. The van der Waals surface area contributed by atoms with Gasteiger partial charge in [0.2, 0.25) is 5.95 Å². The van der Waals surface area contributed by atoms with Crippen molar-refractivity contribution in [2.24, 2.45) is 0 Å². The Bertz CT molecular complexity index is 985. The van der Waals surface area contributed by atoms with Crippen LogP contribution in [0.3, 0.4) is 0 Å². The van der Waals surface area contributed by atoms with Gasteiger partial charge in [0.05, 0.1) is 19.0 Å². The number of aromatic nitrogens is 3. The lowest BCUT2D eigenvalue weighted by atomic mass is 10.2. The van der Waals surface area contributed by atoms with E-state index in [2.05, 4.69) is 14.8 Å². The van der Waals surface area contributed by atoms with Crippen molar-refractivity contribution in [3.63, 3.8) is 0 Å². The summed E-state index contributed by atoms with van der Waals surface area (Å²) in [4.78, 5) is 26.6. The molecule has 0 radical (unpaired) electrons. The number of pyridine rings is 1. The smallest absolute Gasteiger partial charge is 0.259 e. The van der Waals surface area contributed by atoms with Crippen molar-refractivity contribution < 1.29 is 0 Å². The summed E-state index contributed by atoms with van der Waals surface area (Å²) in [5.41, 5.74) is 3.65. The van der Waals surface area contributed by atoms with Crippen LogP contribution in [0, 0.1) is 6.92 Å². The van der Waals surface area contributed by atoms with Gasteiger partial charge >= 0.3 is 0 Å². The third kappa shape index (κ3) is 3.36. The van der Waals surface area contributed by atoms with E-state index in [-0.39, 0.29) is 5.56 Å². The van der Waals surface area contributed by atoms with E-state index < -0.39 is 0 Å². The van der Waals surface area contributed by atoms with E-state index in [1.54, 1.807) is 10.8 Å². The molecule has 6 heteroatoms. The van der Waals surface area contributed by atoms with Gasteiger partial charge in [0.15, 0.2) is 0 Å². The second kappa shape index (κ2) is 7.32. The second-order valence-corrected chi connectivity index (χ2v) is 6.76. The fourth-order valence-electron chi connectivity index (χ4n) is 3.56. The molecule has 3 heterocycles. The quantitative estimate of drug-likeness (QED) is 0.715. The Kier molecular flexibility index (Phi) is 4.73. The molecule has 0 saturated heterocycles. The minimum absolute atomic E-state index is 0.0478. The summed E-state index contributed by atoms with van der Waals surface area (Å²) in [6.45, 7) is 5.75. The minimum Gasteiger partial charge on any atom is -0.298 e. The highest BCUT2D eigenvalue weighted by Crippen LogP contribution is 2.27. The van der Waals surface area contributed by atoms with Gasteiger partial charge in [-0.05, 0) is 37.6 Å². The molecule has 4 rings (SSSR count).